The van der Waals surface area contributed by atoms with Gasteiger partial charge in [0.05, 0.1) is 34.9 Å². The maximum Gasteiger partial charge on any atom is 0.338 e. The van der Waals surface area contributed by atoms with Crippen LogP contribution in [0.2, 0.25) is 0 Å². The quantitative estimate of drug-likeness (QED) is 0.727. The highest BCUT2D eigenvalue weighted by Gasteiger charge is 2.27. The summed E-state index contributed by atoms with van der Waals surface area (Å²) in [5.74, 6) is -1.00. The third-order valence-corrected chi connectivity index (χ3v) is 5.39. The highest BCUT2D eigenvalue weighted by molar-refractivity contribution is 6.05. The Morgan fingerprint density at radius 3 is 2.52 bits per heavy atom. The second-order valence-corrected chi connectivity index (χ2v) is 7.77. The first-order valence-electron chi connectivity index (χ1n) is 9.76. The number of likely N-dealkylation sites (tertiary alicyclic amines) is 1. The molecule has 0 bridgehead atoms. The van der Waals surface area contributed by atoms with Crippen LogP contribution in [0, 0.1) is 6.92 Å². The Morgan fingerprint density at radius 2 is 1.90 bits per heavy atom. The van der Waals surface area contributed by atoms with Gasteiger partial charge in [0.15, 0.2) is 5.65 Å². The normalized spacial score (nSPS) is 15.4. The molecule has 1 amide bonds. The molecule has 1 aliphatic heterocycles. The lowest BCUT2D eigenvalue weighted by molar-refractivity contribution is 0.0689. The summed E-state index contributed by atoms with van der Waals surface area (Å²) >= 11 is 0. The standard InChI is InChI=1S/C20H24N6O3/c1-12(2)26-18-17(10-22-26)16(8-13(3)23-18)19(27)24-6-4-15(5-7-24)25-11-14(9-21-25)20(28)29/h8-12,15H,4-7H2,1-3H3,(H,28,29). The summed E-state index contributed by atoms with van der Waals surface area (Å²) < 4.78 is 3.54. The minimum Gasteiger partial charge on any atom is -0.478 e. The number of hydrogen-bond acceptors (Lipinski definition) is 5. The molecule has 3 aromatic heterocycles. The highest BCUT2D eigenvalue weighted by atomic mass is 16.4. The fourth-order valence-corrected chi connectivity index (χ4v) is 3.85. The molecule has 0 aromatic carbocycles. The van der Waals surface area contributed by atoms with E-state index in [4.69, 9.17) is 5.11 Å². The predicted octanol–water partition coefficient (Wildman–Crippen LogP) is 2.69. The van der Waals surface area contributed by atoms with Gasteiger partial charge in [0.1, 0.15) is 0 Å². The predicted molar refractivity (Wildman–Crippen MR) is 106 cm³/mol. The van der Waals surface area contributed by atoms with Crippen LogP contribution in [0.25, 0.3) is 11.0 Å². The minimum atomic E-state index is -0.983. The van der Waals surface area contributed by atoms with Gasteiger partial charge in [-0.25, -0.2) is 14.5 Å². The van der Waals surface area contributed by atoms with Crippen LogP contribution in [0.3, 0.4) is 0 Å². The van der Waals surface area contributed by atoms with E-state index in [0.29, 0.717) is 18.7 Å². The Bertz CT molecular complexity index is 1080. The van der Waals surface area contributed by atoms with Crippen LogP contribution in [0.4, 0.5) is 0 Å². The smallest absolute Gasteiger partial charge is 0.338 e. The molecular weight excluding hydrogens is 372 g/mol. The van der Waals surface area contributed by atoms with Gasteiger partial charge >= 0.3 is 5.97 Å². The Hall–Kier alpha value is -3.23. The summed E-state index contributed by atoms with van der Waals surface area (Å²) in [6.45, 7) is 7.14. The fourth-order valence-electron chi connectivity index (χ4n) is 3.85. The average Bonchev–Trinajstić information content (AvgIpc) is 3.34. The Kier molecular flexibility index (Phi) is 4.81. The molecule has 9 nitrogen and oxygen atoms in total. The van der Waals surface area contributed by atoms with Crippen molar-refractivity contribution in [3.8, 4) is 0 Å². The van der Waals surface area contributed by atoms with E-state index in [9.17, 15) is 9.59 Å². The number of aryl methyl sites for hydroxylation is 1. The van der Waals surface area contributed by atoms with Crippen molar-refractivity contribution in [2.75, 3.05) is 13.1 Å². The summed E-state index contributed by atoms with van der Waals surface area (Å²) in [6, 6.07) is 2.08. The monoisotopic (exact) mass is 396 g/mol. The molecule has 29 heavy (non-hydrogen) atoms. The van der Waals surface area contributed by atoms with E-state index in [2.05, 4.69) is 15.2 Å². The largest absolute Gasteiger partial charge is 0.478 e. The van der Waals surface area contributed by atoms with Gasteiger partial charge in [-0.3, -0.25) is 9.48 Å². The van der Waals surface area contributed by atoms with Gasteiger partial charge in [0.25, 0.3) is 5.91 Å². The Balaban J connectivity index is 1.53. The molecule has 0 atom stereocenters. The zero-order valence-electron chi connectivity index (χ0n) is 16.7. The summed E-state index contributed by atoms with van der Waals surface area (Å²) in [5, 5.41) is 18.4. The van der Waals surface area contributed by atoms with E-state index in [1.807, 2.05) is 36.4 Å². The number of carbonyl (C=O) groups excluding carboxylic acids is 1. The number of piperidine rings is 1. The second kappa shape index (κ2) is 7.31. The molecule has 152 valence electrons. The van der Waals surface area contributed by atoms with Crippen LogP contribution in [0.5, 0.6) is 0 Å². The van der Waals surface area contributed by atoms with Gasteiger partial charge in [0, 0.05) is 31.0 Å². The summed E-state index contributed by atoms with van der Waals surface area (Å²) in [7, 11) is 0. The van der Waals surface area contributed by atoms with Crippen LogP contribution in [-0.4, -0.2) is 59.5 Å². The molecule has 1 saturated heterocycles. The number of hydrogen-bond donors (Lipinski definition) is 1. The molecule has 1 aliphatic rings. The molecule has 0 spiro atoms. The summed E-state index contributed by atoms with van der Waals surface area (Å²) in [6.07, 6.45) is 6.10. The molecule has 0 radical (unpaired) electrons. The third-order valence-electron chi connectivity index (χ3n) is 5.39. The number of carboxylic acid groups (broad SMARTS) is 1. The van der Waals surface area contributed by atoms with Gasteiger partial charge in [-0.15, -0.1) is 0 Å². The van der Waals surface area contributed by atoms with Crippen molar-refractivity contribution in [3.05, 3.63) is 41.5 Å². The van der Waals surface area contributed by atoms with Crippen LogP contribution in [0.1, 0.15) is 65.2 Å². The first kappa shape index (κ1) is 19.1. The number of aromatic carboxylic acids is 1. The molecule has 0 saturated carbocycles. The third kappa shape index (κ3) is 3.48. The van der Waals surface area contributed by atoms with Gasteiger partial charge in [0.2, 0.25) is 0 Å². The van der Waals surface area contributed by atoms with Crippen molar-refractivity contribution >= 4 is 22.9 Å². The van der Waals surface area contributed by atoms with Gasteiger partial charge in [-0.05, 0) is 39.7 Å². The minimum absolute atomic E-state index is 0.0195. The highest BCUT2D eigenvalue weighted by Crippen LogP contribution is 2.26. The average molecular weight is 396 g/mol. The zero-order chi connectivity index (χ0) is 20.7. The fraction of sp³-hybridized carbons (Fsp3) is 0.450. The molecule has 0 aliphatic carbocycles. The number of rotatable bonds is 4. The number of carbonyl (C=O) groups is 2. The molecule has 4 rings (SSSR count). The van der Waals surface area contributed by atoms with Crippen molar-refractivity contribution < 1.29 is 14.7 Å². The van der Waals surface area contributed by atoms with E-state index in [-0.39, 0.29) is 23.6 Å². The number of carboxylic acids is 1. The number of amides is 1. The lowest BCUT2D eigenvalue weighted by Gasteiger charge is -2.32. The molecule has 1 N–H and O–H groups in total. The molecule has 4 heterocycles. The van der Waals surface area contributed by atoms with Gasteiger partial charge in [-0.1, -0.05) is 0 Å². The van der Waals surface area contributed by atoms with E-state index >= 15 is 0 Å². The second-order valence-electron chi connectivity index (χ2n) is 7.77. The van der Waals surface area contributed by atoms with Crippen LogP contribution in [0.15, 0.2) is 24.7 Å². The molecular formula is C20H24N6O3. The van der Waals surface area contributed by atoms with Crippen LogP contribution < -0.4 is 0 Å². The Morgan fingerprint density at radius 1 is 1.17 bits per heavy atom. The van der Waals surface area contributed by atoms with Gasteiger partial charge < -0.3 is 10.0 Å². The van der Waals surface area contributed by atoms with Crippen molar-refractivity contribution in [2.24, 2.45) is 0 Å². The number of pyridine rings is 1. The van der Waals surface area contributed by atoms with Gasteiger partial charge in [-0.2, -0.15) is 10.2 Å². The van der Waals surface area contributed by atoms with E-state index in [0.717, 1.165) is 29.6 Å². The number of fused-ring (bicyclic) bond motifs is 1. The van der Waals surface area contributed by atoms with Crippen molar-refractivity contribution in [2.45, 2.75) is 45.7 Å². The maximum absolute atomic E-state index is 13.2. The van der Waals surface area contributed by atoms with Crippen LogP contribution in [-0.2, 0) is 0 Å². The topological polar surface area (TPSA) is 106 Å². The van der Waals surface area contributed by atoms with E-state index < -0.39 is 5.97 Å². The number of aromatic nitrogens is 5. The van der Waals surface area contributed by atoms with Crippen molar-refractivity contribution in [3.63, 3.8) is 0 Å². The van der Waals surface area contributed by atoms with Crippen LogP contribution >= 0.6 is 0 Å². The van der Waals surface area contributed by atoms with E-state index in [1.54, 1.807) is 17.1 Å². The maximum atomic E-state index is 13.2. The van der Waals surface area contributed by atoms with E-state index in [1.165, 1.54) is 6.20 Å². The SMILES string of the molecule is Cc1cc(C(=O)N2CCC(n3cc(C(=O)O)cn3)CC2)c2cnn(C(C)C)c2n1. The summed E-state index contributed by atoms with van der Waals surface area (Å²) in [5.41, 5.74) is 2.33. The molecule has 1 fully saturated rings. The molecule has 3 aromatic rings. The lowest BCUT2D eigenvalue weighted by Crippen LogP contribution is -2.39. The first-order valence-corrected chi connectivity index (χ1v) is 9.76. The lowest BCUT2D eigenvalue weighted by atomic mass is 10.0. The molecule has 9 heteroatoms. The molecule has 0 unspecified atom stereocenters. The van der Waals surface area contributed by atoms with Crippen molar-refractivity contribution in [1.82, 2.24) is 29.4 Å². The zero-order valence-corrected chi connectivity index (χ0v) is 16.7. The van der Waals surface area contributed by atoms with Crippen molar-refractivity contribution in [1.29, 1.82) is 0 Å². The number of nitrogens with zero attached hydrogens (tertiary/aromatic N) is 6. The first-order chi connectivity index (χ1) is 13.8. The summed E-state index contributed by atoms with van der Waals surface area (Å²) in [4.78, 5) is 30.7. The Labute approximate surface area is 167 Å².